The summed E-state index contributed by atoms with van der Waals surface area (Å²) in [7, 11) is 0. The first kappa shape index (κ1) is 5.88. The van der Waals surface area contributed by atoms with Crippen LogP contribution in [0.3, 0.4) is 0 Å². The van der Waals surface area contributed by atoms with E-state index < -0.39 is 0 Å². The Hall–Kier alpha value is -1.25. The topological polar surface area (TPSA) is 29.5 Å². The lowest BCUT2D eigenvalue weighted by atomic mass is 10.5. The van der Waals surface area contributed by atoms with E-state index in [0.29, 0.717) is 12.2 Å². The van der Waals surface area contributed by atoms with E-state index in [4.69, 9.17) is 4.74 Å². The Morgan fingerprint density at radius 3 is 3.00 bits per heavy atom. The molecule has 1 aliphatic heterocycles. The normalized spacial score (nSPS) is 16.6. The van der Waals surface area contributed by atoms with E-state index in [1.807, 2.05) is 0 Å². The highest BCUT2D eigenvalue weighted by atomic mass is 16.5. The molecule has 3 nitrogen and oxygen atoms in total. The fourth-order valence-electron chi connectivity index (χ4n) is 0.557. The van der Waals surface area contributed by atoms with Gasteiger partial charge in [-0.3, -0.25) is 9.69 Å². The van der Waals surface area contributed by atoms with Crippen LogP contribution in [0.15, 0.2) is 24.4 Å². The van der Waals surface area contributed by atoms with E-state index in [0.717, 1.165) is 0 Å². The number of rotatable bonds is 1. The number of ether oxygens (including phenoxy) is 1. The summed E-state index contributed by atoms with van der Waals surface area (Å²) in [6, 6.07) is 0. The molecule has 0 saturated carbocycles. The SMILES string of the molecule is CC1=CN(C=O)C=CO1. The molecule has 1 aliphatic rings. The highest BCUT2D eigenvalue weighted by Crippen LogP contribution is 2.04. The summed E-state index contributed by atoms with van der Waals surface area (Å²) in [5.74, 6) is 0.713. The fraction of sp³-hybridized carbons (Fsp3) is 0.167. The number of carbonyl (C=O) groups excluding carboxylic acids is 1. The first-order valence-electron chi connectivity index (χ1n) is 2.57. The second-order valence-electron chi connectivity index (χ2n) is 1.70. The van der Waals surface area contributed by atoms with Gasteiger partial charge in [-0.1, -0.05) is 0 Å². The van der Waals surface area contributed by atoms with Crippen molar-refractivity contribution in [3.63, 3.8) is 0 Å². The Bertz CT molecular complexity index is 172. The maximum absolute atomic E-state index is 10.1. The van der Waals surface area contributed by atoms with Crippen molar-refractivity contribution in [1.29, 1.82) is 0 Å². The average molecular weight is 125 g/mol. The van der Waals surface area contributed by atoms with E-state index in [1.165, 1.54) is 11.2 Å². The smallest absolute Gasteiger partial charge is 0.217 e. The van der Waals surface area contributed by atoms with Crippen molar-refractivity contribution in [3.05, 3.63) is 24.4 Å². The summed E-state index contributed by atoms with van der Waals surface area (Å²) in [5.41, 5.74) is 0. The van der Waals surface area contributed by atoms with Crippen molar-refractivity contribution in [2.45, 2.75) is 6.92 Å². The van der Waals surface area contributed by atoms with Gasteiger partial charge < -0.3 is 4.74 Å². The quantitative estimate of drug-likeness (QED) is 0.485. The van der Waals surface area contributed by atoms with Gasteiger partial charge in [-0.05, 0) is 6.92 Å². The first-order chi connectivity index (χ1) is 4.33. The van der Waals surface area contributed by atoms with Gasteiger partial charge in [0.05, 0.1) is 0 Å². The van der Waals surface area contributed by atoms with Crippen molar-refractivity contribution >= 4 is 6.41 Å². The molecule has 0 aromatic rings. The van der Waals surface area contributed by atoms with Crippen molar-refractivity contribution in [2.75, 3.05) is 0 Å². The molecular weight excluding hydrogens is 118 g/mol. The van der Waals surface area contributed by atoms with Crippen LogP contribution in [0, 0.1) is 0 Å². The Morgan fingerprint density at radius 1 is 1.78 bits per heavy atom. The van der Waals surface area contributed by atoms with Gasteiger partial charge in [0.1, 0.15) is 12.0 Å². The maximum atomic E-state index is 10.1. The lowest BCUT2D eigenvalue weighted by molar-refractivity contribution is -0.114. The van der Waals surface area contributed by atoms with Crippen LogP contribution in [0.5, 0.6) is 0 Å². The molecule has 0 unspecified atom stereocenters. The predicted molar refractivity (Wildman–Crippen MR) is 31.9 cm³/mol. The molecule has 3 heteroatoms. The van der Waals surface area contributed by atoms with Gasteiger partial charge in [0.2, 0.25) is 6.41 Å². The van der Waals surface area contributed by atoms with Crippen LogP contribution < -0.4 is 0 Å². The monoisotopic (exact) mass is 125 g/mol. The Morgan fingerprint density at radius 2 is 2.56 bits per heavy atom. The molecule has 48 valence electrons. The van der Waals surface area contributed by atoms with Crippen LogP contribution in [0.4, 0.5) is 0 Å². The summed E-state index contributed by atoms with van der Waals surface area (Å²) < 4.78 is 4.89. The number of nitrogens with zero attached hydrogens (tertiary/aromatic N) is 1. The molecule has 0 aromatic heterocycles. The molecule has 0 aliphatic carbocycles. The first-order valence-corrected chi connectivity index (χ1v) is 2.57. The van der Waals surface area contributed by atoms with E-state index in [2.05, 4.69) is 0 Å². The summed E-state index contributed by atoms with van der Waals surface area (Å²) in [6.07, 6.45) is 5.32. The number of amides is 1. The average Bonchev–Trinajstić information content (AvgIpc) is 1.88. The lowest BCUT2D eigenvalue weighted by Gasteiger charge is -2.11. The second-order valence-corrected chi connectivity index (χ2v) is 1.70. The van der Waals surface area contributed by atoms with Crippen LogP contribution in [0.2, 0.25) is 0 Å². The summed E-state index contributed by atoms with van der Waals surface area (Å²) in [4.78, 5) is 11.5. The number of hydrogen-bond donors (Lipinski definition) is 0. The largest absolute Gasteiger partial charge is 0.467 e. The van der Waals surface area contributed by atoms with Gasteiger partial charge in [0, 0.05) is 12.4 Å². The van der Waals surface area contributed by atoms with Crippen LogP contribution in [-0.2, 0) is 9.53 Å². The highest BCUT2D eigenvalue weighted by molar-refractivity contribution is 5.51. The third-order valence-corrected chi connectivity index (χ3v) is 0.940. The van der Waals surface area contributed by atoms with E-state index in [-0.39, 0.29) is 0 Å². The third-order valence-electron chi connectivity index (χ3n) is 0.940. The van der Waals surface area contributed by atoms with Gasteiger partial charge in [-0.25, -0.2) is 0 Å². The van der Waals surface area contributed by atoms with E-state index in [9.17, 15) is 4.79 Å². The standard InChI is InChI=1S/C6H7NO2/c1-6-4-7(5-8)2-3-9-6/h2-5H,1H3. The van der Waals surface area contributed by atoms with Gasteiger partial charge in [-0.15, -0.1) is 0 Å². The maximum Gasteiger partial charge on any atom is 0.217 e. The minimum atomic E-state index is 0.711. The number of carbonyl (C=O) groups is 1. The molecule has 1 rings (SSSR count). The van der Waals surface area contributed by atoms with Crippen molar-refractivity contribution in [3.8, 4) is 0 Å². The molecular formula is C6H7NO2. The van der Waals surface area contributed by atoms with Crippen LogP contribution >= 0.6 is 0 Å². The fourth-order valence-corrected chi connectivity index (χ4v) is 0.557. The molecule has 0 aromatic carbocycles. The minimum Gasteiger partial charge on any atom is -0.467 e. The number of hydrogen-bond acceptors (Lipinski definition) is 2. The molecule has 0 atom stereocenters. The van der Waals surface area contributed by atoms with Crippen molar-refractivity contribution in [1.82, 2.24) is 4.90 Å². The minimum absolute atomic E-state index is 0.711. The summed E-state index contributed by atoms with van der Waals surface area (Å²) >= 11 is 0. The third kappa shape index (κ3) is 1.32. The highest BCUT2D eigenvalue weighted by Gasteiger charge is 1.98. The molecule has 1 amide bonds. The zero-order valence-corrected chi connectivity index (χ0v) is 5.07. The summed E-state index contributed by atoms with van der Waals surface area (Å²) in [5, 5.41) is 0. The van der Waals surface area contributed by atoms with Crippen molar-refractivity contribution < 1.29 is 9.53 Å². The zero-order chi connectivity index (χ0) is 6.69. The number of allylic oxidation sites excluding steroid dienone is 1. The molecule has 0 N–H and O–H groups in total. The van der Waals surface area contributed by atoms with Crippen LogP contribution in [0.1, 0.15) is 6.92 Å². The summed E-state index contributed by atoms with van der Waals surface area (Å²) in [6.45, 7) is 1.78. The second kappa shape index (κ2) is 2.35. The Balaban J connectivity index is 2.65. The van der Waals surface area contributed by atoms with Gasteiger partial charge in [0.25, 0.3) is 0 Å². The molecule has 1 heterocycles. The van der Waals surface area contributed by atoms with Crippen LogP contribution in [0.25, 0.3) is 0 Å². The zero-order valence-electron chi connectivity index (χ0n) is 5.07. The molecule has 0 saturated heterocycles. The lowest BCUT2D eigenvalue weighted by Crippen LogP contribution is -2.10. The van der Waals surface area contributed by atoms with Crippen LogP contribution in [-0.4, -0.2) is 11.3 Å². The van der Waals surface area contributed by atoms with Gasteiger partial charge >= 0.3 is 0 Å². The van der Waals surface area contributed by atoms with Gasteiger partial charge in [-0.2, -0.15) is 0 Å². The predicted octanol–water partition coefficient (Wildman–Crippen LogP) is 0.807. The van der Waals surface area contributed by atoms with Crippen molar-refractivity contribution in [2.24, 2.45) is 0 Å². The Labute approximate surface area is 53.2 Å². The Kier molecular flexibility index (Phi) is 1.53. The molecule has 0 fully saturated rings. The van der Waals surface area contributed by atoms with E-state index >= 15 is 0 Å². The molecule has 0 spiro atoms. The molecule has 0 bridgehead atoms. The van der Waals surface area contributed by atoms with Gasteiger partial charge in [0.15, 0.2) is 0 Å². The molecule has 0 radical (unpaired) electrons. The van der Waals surface area contributed by atoms with E-state index in [1.54, 1.807) is 19.3 Å². The molecule has 9 heavy (non-hydrogen) atoms.